The standard InChI is InChI=1S/C18H15F3N4O4/c19-18(20,21)14-2-1-3-15(24-14)29-8-11-9-6-25(7-10(9)11)16(26)12-4-22-5-13(23-12)17(27)28/h1-5,9-11H,6-8H2,(H,27,28)/t9-,10+,11?. The summed E-state index contributed by atoms with van der Waals surface area (Å²) >= 11 is 0. The van der Waals surface area contributed by atoms with Gasteiger partial charge in [-0.15, -0.1) is 0 Å². The van der Waals surface area contributed by atoms with E-state index >= 15 is 0 Å². The van der Waals surface area contributed by atoms with E-state index in [1.54, 1.807) is 4.90 Å². The van der Waals surface area contributed by atoms with Gasteiger partial charge in [-0.2, -0.15) is 13.2 Å². The third-order valence-corrected chi connectivity index (χ3v) is 5.17. The van der Waals surface area contributed by atoms with Crippen molar-refractivity contribution in [1.29, 1.82) is 0 Å². The van der Waals surface area contributed by atoms with Crippen molar-refractivity contribution in [2.24, 2.45) is 17.8 Å². The molecule has 2 aromatic rings. The lowest BCUT2D eigenvalue weighted by Gasteiger charge is -2.19. The molecule has 2 aromatic heterocycles. The molecule has 1 saturated heterocycles. The average Bonchev–Trinajstić information content (AvgIpc) is 3.14. The molecule has 1 aliphatic heterocycles. The van der Waals surface area contributed by atoms with Crippen molar-refractivity contribution in [2.45, 2.75) is 6.18 Å². The number of piperidine rings is 1. The lowest BCUT2D eigenvalue weighted by Crippen LogP contribution is -2.33. The molecule has 0 bridgehead atoms. The monoisotopic (exact) mass is 408 g/mol. The Morgan fingerprint density at radius 1 is 1.14 bits per heavy atom. The van der Waals surface area contributed by atoms with Gasteiger partial charge in [0.15, 0.2) is 5.69 Å². The van der Waals surface area contributed by atoms with Crippen LogP contribution in [0.2, 0.25) is 0 Å². The number of pyridine rings is 1. The Morgan fingerprint density at radius 3 is 2.48 bits per heavy atom. The summed E-state index contributed by atoms with van der Waals surface area (Å²) in [5.41, 5.74) is -1.35. The molecular weight excluding hydrogens is 393 g/mol. The fourth-order valence-electron chi connectivity index (χ4n) is 3.63. The minimum Gasteiger partial charge on any atom is -0.477 e. The van der Waals surface area contributed by atoms with Crippen LogP contribution in [0.25, 0.3) is 0 Å². The van der Waals surface area contributed by atoms with Gasteiger partial charge in [0.1, 0.15) is 11.4 Å². The molecule has 0 radical (unpaired) electrons. The molecule has 4 rings (SSSR count). The summed E-state index contributed by atoms with van der Waals surface area (Å²) in [6.45, 7) is 1.12. The summed E-state index contributed by atoms with van der Waals surface area (Å²) in [6, 6.07) is 3.49. The first kappa shape index (κ1) is 19.1. The van der Waals surface area contributed by atoms with Crippen LogP contribution >= 0.6 is 0 Å². The molecular formula is C18H15F3N4O4. The Balaban J connectivity index is 1.31. The van der Waals surface area contributed by atoms with Gasteiger partial charge in [-0.1, -0.05) is 6.07 Å². The number of fused-ring (bicyclic) bond motifs is 1. The Labute approximate surface area is 162 Å². The maximum Gasteiger partial charge on any atom is 0.433 e. The lowest BCUT2D eigenvalue weighted by atomic mass is 10.2. The number of carboxylic acids is 1. The molecule has 3 atom stereocenters. The number of carbonyl (C=O) groups is 2. The number of likely N-dealkylation sites (tertiary alicyclic amines) is 1. The van der Waals surface area contributed by atoms with Crippen molar-refractivity contribution in [3.8, 4) is 5.88 Å². The number of halogens is 3. The van der Waals surface area contributed by atoms with Gasteiger partial charge in [-0.3, -0.25) is 9.78 Å². The number of carboxylic acid groups (broad SMARTS) is 1. The number of alkyl halides is 3. The maximum atomic E-state index is 12.7. The van der Waals surface area contributed by atoms with Crippen LogP contribution in [0.3, 0.4) is 0 Å². The SMILES string of the molecule is O=C(O)c1cncc(C(=O)N2C[C@@H]3C(COc4cccc(C(F)(F)F)n4)[C@@H]3C2)n1. The Morgan fingerprint density at radius 2 is 1.83 bits per heavy atom. The number of hydrogen-bond donors (Lipinski definition) is 1. The first-order chi connectivity index (χ1) is 13.7. The molecule has 3 heterocycles. The van der Waals surface area contributed by atoms with Crippen molar-refractivity contribution >= 4 is 11.9 Å². The highest BCUT2D eigenvalue weighted by atomic mass is 19.4. The zero-order chi connectivity index (χ0) is 20.8. The molecule has 1 N–H and O–H groups in total. The summed E-state index contributed by atoms with van der Waals surface area (Å²) in [6.07, 6.45) is -2.24. The molecule has 2 aliphatic rings. The molecule has 152 valence electrons. The Kier molecular flexibility index (Phi) is 4.59. The van der Waals surface area contributed by atoms with E-state index in [1.165, 1.54) is 18.3 Å². The van der Waals surface area contributed by atoms with Crippen LogP contribution in [-0.4, -0.2) is 56.5 Å². The zero-order valence-corrected chi connectivity index (χ0v) is 14.8. The molecule has 1 aliphatic carbocycles. The highest BCUT2D eigenvalue weighted by Gasteiger charge is 2.57. The fraction of sp³-hybridized carbons (Fsp3) is 0.389. The number of nitrogens with zero attached hydrogens (tertiary/aromatic N) is 4. The number of carbonyl (C=O) groups excluding carboxylic acids is 1. The predicted molar refractivity (Wildman–Crippen MR) is 90.1 cm³/mol. The number of amides is 1. The Hall–Kier alpha value is -3.24. The van der Waals surface area contributed by atoms with E-state index in [9.17, 15) is 22.8 Å². The molecule has 1 unspecified atom stereocenters. The summed E-state index contributed by atoms with van der Waals surface area (Å²) in [5, 5.41) is 8.95. The third-order valence-electron chi connectivity index (χ3n) is 5.17. The van der Waals surface area contributed by atoms with E-state index in [-0.39, 0.29) is 41.6 Å². The smallest absolute Gasteiger partial charge is 0.433 e. The number of rotatable bonds is 5. The van der Waals surface area contributed by atoms with Crippen LogP contribution in [0.15, 0.2) is 30.6 Å². The van der Waals surface area contributed by atoms with Crippen molar-refractivity contribution in [3.05, 3.63) is 47.7 Å². The molecule has 1 amide bonds. The number of aromatic nitrogens is 3. The van der Waals surface area contributed by atoms with E-state index in [1.807, 2.05) is 0 Å². The minimum absolute atomic E-state index is 0.0350. The second-order valence-electron chi connectivity index (χ2n) is 6.97. The van der Waals surface area contributed by atoms with Crippen molar-refractivity contribution in [2.75, 3.05) is 19.7 Å². The van der Waals surface area contributed by atoms with Crippen LogP contribution in [0.1, 0.15) is 26.7 Å². The first-order valence-electron chi connectivity index (χ1n) is 8.75. The number of hydrogen-bond acceptors (Lipinski definition) is 6. The van der Waals surface area contributed by atoms with E-state index in [4.69, 9.17) is 9.84 Å². The molecule has 11 heteroatoms. The van der Waals surface area contributed by atoms with Crippen LogP contribution in [0, 0.1) is 17.8 Å². The third kappa shape index (κ3) is 3.84. The van der Waals surface area contributed by atoms with Crippen molar-refractivity contribution in [1.82, 2.24) is 19.9 Å². The van der Waals surface area contributed by atoms with Gasteiger partial charge in [0.25, 0.3) is 5.91 Å². The molecule has 0 aromatic carbocycles. The summed E-state index contributed by atoms with van der Waals surface area (Å²) in [7, 11) is 0. The quantitative estimate of drug-likeness (QED) is 0.807. The van der Waals surface area contributed by atoms with Gasteiger partial charge in [0, 0.05) is 25.1 Å². The fourth-order valence-corrected chi connectivity index (χ4v) is 3.63. The maximum absolute atomic E-state index is 12.7. The van der Waals surface area contributed by atoms with Gasteiger partial charge in [0.2, 0.25) is 5.88 Å². The van der Waals surface area contributed by atoms with E-state index < -0.39 is 23.7 Å². The van der Waals surface area contributed by atoms with Crippen LogP contribution in [-0.2, 0) is 6.18 Å². The summed E-state index contributed by atoms with van der Waals surface area (Å²) < 4.78 is 43.5. The molecule has 2 fully saturated rings. The van der Waals surface area contributed by atoms with Crippen LogP contribution in [0.5, 0.6) is 5.88 Å². The topological polar surface area (TPSA) is 106 Å². The number of ether oxygens (including phenoxy) is 1. The summed E-state index contributed by atoms with van der Waals surface area (Å²) in [5.74, 6) is -1.25. The van der Waals surface area contributed by atoms with E-state index in [2.05, 4.69) is 15.0 Å². The van der Waals surface area contributed by atoms with Gasteiger partial charge >= 0.3 is 12.1 Å². The average molecular weight is 408 g/mol. The van der Waals surface area contributed by atoms with Gasteiger partial charge in [-0.05, 0) is 17.9 Å². The van der Waals surface area contributed by atoms with Gasteiger partial charge in [0.05, 0.1) is 19.0 Å². The second kappa shape index (κ2) is 6.98. The molecule has 0 spiro atoms. The lowest BCUT2D eigenvalue weighted by molar-refractivity contribution is -0.141. The van der Waals surface area contributed by atoms with E-state index in [0.717, 1.165) is 12.3 Å². The van der Waals surface area contributed by atoms with E-state index in [0.29, 0.717) is 13.1 Å². The van der Waals surface area contributed by atoms with Gasteiger partial charge in [-0.25, -0.2) is 14.8 Å². The highest BCUT2D eigenvalue weighted by molar-refractivity contribution is 5.94. The van der Waals surface area contributed by atoms with Gasteiger partial charge < -0.3 is 14.7 Å². The highest BCUT2D eigenvalue weighted by Crippen LogP contribution is 2.51. The molecule has 29 heavy (non-hydrogen) atoms. The van der Waals surface area contributed by atoms with Crippen LogP contribution < -0.4 is 4.74 Å². The largest absolute Gasteiger partial charge is 0.477 e. The number of aromatic carboxylic acids is 1. The molecule has 8 nitrogen and oxygen atoms in total. The first-order valence-corrected chi connectivity index (χ1v) is 8.75. The van der Waals surface area contributed by atoms with Crippen LogP contribution in [0.4, 0.5) is 13.2 Å². The Bertz CT molecular complexity index is 956. The zero-order valence-electron chi connectivity index (χ0n) is 14.8. The molecule has 1 saturated carbocycles. The predicted octanol–water partition coefficient (Wildman–Crippen LogP) is 1.99. The normalized spacial score (nSPS) is 22.9. The van der Waals surface area contributed by atoms with Crippen molar-refractivity contribution in [3.63, 3.8) is 0 Å². The summed E-state index contributed by atoms with van der Waals surface area (Å²) in [4.78, 5) is 36.0. The van der Waals surface area contributed by atoms with Crippen molar-refractivity contribution < 1.29 is 32.6 Å². The second-order valence-corrected chi connectivity index (χ2v) is 6.97. The minimum atomic E-state index is -4.53.